The normalized spacial score (nSPS) is 26.8. The zero-order chi connectivity index (χ0) is 15.9. The van der Waals surface area contributed by atoms with Crippen LogP contribution in [-0.4, -0.2) is 31.1 Å². The van der Waals surface area contributed by atoms with Gasteiger partial charge in [-0.1, -0.05) is 6.42 Å². The van der Waals surface area contributed by atoms with Crippen LogP contribution in [0.3, 0.4) is 0 Å². The summed E-state index contributed by atoms with van der Waals surface area (Å²) in [7, 11) is 1.44. The van der Waals surface area contributed by atoms with Gasteiger partial charge in [-0.3, -0.25) is 14.9 Å². The van der Waals surface area contributed by atoms with Crippen LogP contribution in [0, 0.1) is 21.4 Å². The van der Waals surface area contributed by atoms with Gasteiger partial charge in [-0.05, 0) is 40.8 Å². The number of rotatable bonds is 3. The highest BCUT2D eigenvalue weighted by molar-refractivity contribution is 9.10. The van der Waals surface area contributed by atoms with Gasteiger partial charge in [-0.2, -0.15) is 0 Å². The van der Waals surface area contributed by atoms with Gasteiger partial charge in [0, 0.05) is 29.7 Å². The number of nitro groups is 1. The van der Waals surface area contributed by atoms with Crippen LogP contribution in [0.4, 0.5) is 11.4 Å². The first-order valence-electron chi connectivity index (χ1n) is 7.25. The molecule has 2 aliphatic rings. The summed E-state index contributed by atoms with van der Waals surface area (Å²) < 4.78 is 5.72. The molecule has 0 aromatic heterocycles. The minimum atomic E-state index is -0.421. The molecule has 118 valence electrons. The smallest absolute Gasteiger partial charge is 0.313 e. The molecule has 0 N–H and O–H groups in total. The molecular formula is C15H17BrN2O4. The SMILES string of the molecule is COC(=O)C12CCCC1CN(c1ccc([N+](=O)[O-])cc1Br)C2. The van der Waals surface area contributed by atoms with Gasteiger partial charge in [-0.15, -0.1) is 0 Å². The van der Waals surface area contributed by atoms with Gasteiger partial charge < -0.3 is 9.64 Å². The Bertz CT molecular complexity index is 636. The molecule has 2 unspecified atom stereocenters. The van der Waals surface area contributed by atoms with Gasteiger partial charge in [0.25, 0.3) is 5.69 Å². The summed E-state index contributed by atoms with van der Waals surface area (Å²) in [5, 5.41) is 10.8. The molecule has 1 saturated carbocycles. The average Bonchev–Trinajstić information content (AvgIpc) is 3.03. The fourth-order valence-corrected chi connectivity index (χ4v) is 4.49. The molecule has 0 bridgehead atoms. The Hall–Kier alpha value is -1.63. The summed E-state index contributed by atoms with van der Waals surface area (Å²) >= 11 is 3.41. The molecule has 2 fully saturated rings. The molecule has 1 aromatic carbocycles. The van der Waals surface area contributed by atoms with E-state index in [0.717, 1.165) is 31.5 Å². The molecular weight excluding hydrogens is 352 g/mol. The monoisotopic (exact) mass is 368 g/mol. The first kappa shape index (κ1) is 15.3. The van der Waals surface area contributed by atoms with Crippen molar-refractivity contribution in [1.29, 1.82) is 0 Å². The van der Waals surface area contributed by atoms with Crippen LogP contribution in [0.15, 0.2) is 22.7 Å². The molecule has 1 saturated heterocycles. The molecule has 1 aromatic rings. The number of halogens is 1. The predicted molar refractivity (Wildman–Crippen MR) is 84.8 cm³/mol. The number of ether oxygens (including phenoxy) is 1. The fraction of sp³-hybridized carbons (Fsp3) is 0.533. The minimum Gasteiger partial charge on any atom is -0.469 e. The molecule has 1 heterocycles. The molecule has 3 rings (SSSR count). The fourth-order valence-electron chi connectivity index (χ4n) is 3.88. The van der Waals surface area contributed by atoms with Crippen molar-refractivity contribution in [2.24, 2.45) is 11.3 Å². The number of nitrogens with zero attached hydrogens (tertiary/aromatic N) is 2. The van der Waals surface area contributed by atoms with E-state index >= 15 is 0 Å². The number of anilines is 1. The lowest BCUT2D eigenvalue weighted by Crippen LogP contribution is -2.37. The maximum atomic E-state index is 12.3. The Labute approximate surface area is 136 Å². The number of nitro benzene ring substituents is 1. The predicted octanol–water partition coefficient (Wildman–Crippen LogP) is 3.14. The molecule has 0 spiro atoms. The maximum Gasteiger partial charge on any atom is 0.313 e. The van der Waals surface area contributed by atoms with Crippen LogP contribution < -0.4 is 4.90 Å². The third-order valence-corrected chi connectivity index (χ3v) is 5.58. The van der Waals surface area contributed by atoms with Crippen molar-refractivity contribution in [3.63, 3.8) is 0 Å². The van der Waals surface area contributed by atoms with Crippen molar-refractivity contribution in [1.82, 2.24) is 0 Å². The summed E-state index contributed by atoms with van der Waals surface area (Å²) in [6.45, 7) is 1.40. The molecule has 22 heavy (non-hydrogen) atoms. The zero-order valence-corrected chi connectivity index (χ0v) is 13.8. The van der Waals surface area contributed by atoms with Gasteiger partial charge >= 0.3 is 5.97 Å². The van der Waals surface area contributed by atoms with E-state index in [1.165, 1.54) is 19.2 Å². The second kappa shape index (κ2) is 5.53. The standard InChI is InChI=1S/C15H17BrN2O4/c1-22-14(19)15-6-2-3-10(15)8-17(9-15)13-5-4-11(18(20)21)7-12(13)16/h4-5,7,10H,2-3,6,8-9H2,1H3. The van der Waals surface area contributed by atoms with E-state index < -0.39 is 10.3 Å². The van der Waals surface area contributed by atoms with Crippen LogP contribution in [0.5, 0.6) is 0 Å². The number of hydrogen-bond donors (Lipinski definition) is 0. The Kier molecular flexibility index (Phi) is 3.84. The van der Waals surface area contributed by atoms with Crippen LogP contribution in [0.25, 0.3) is 0 Å². The van der Waals surface area contributed by atoms with Crippen LogP contribution in [-0.2, 0) is 9.53 Å². The third-order valence-electron chi connectivity index (χ3n) is 4.95. The lowest BCUT2D eigenvalue weighted by atomic mass is 9.81. The quantitative estimate of drug-likeness (QED) is 0.465. The van der Waals surface area contributed by atoms with E-state index in [-0.39, 0.29) is 11.7 Å². The van der Waals surface area contributed by atoms with Gasteiger partial charge in [0.1, 0.15) is 0 Å². The first-order chi connectivity index (χ1) is 10.5. The number of non-ortho nitro benzene ring substituents is 1. The van der Waals surface area contributed by atoms with Crippen LogP contribution >= 0.6 is 15.9 Å². The summed E-state index contributed by atoms with van der Waals surface area (Å²) in [4.78, 5) is 24.8. The Balaban J connectivity index is 1.89. The van der Waals surface area contributed by atoms with E-state index in [1.807, 2.05) is 0 Å². The third kappa shape index (κ3) is 2.27. The molecule has 1 aliphatic heterocycles. The molecule has 6 nitrogen and oxygen atoms in total. The highest BCUT2D eigenvalue weighted by Gasteiger charge is 2.55. The van der Waals surface area contributed by atoms with Gasteiger partial charge in [-0.25, -0.2) is 0 Å². The number of hydrogen-bond acceptors (Lipinski definition) is 5. The Morgan fingerprint density at radius 1 is 1.55 bits per heavy atom. The van der Waals surface area contributed by atoms with Gasteiger partial charge in [0.05, 0.1) is 23.1 Å². The lowest BCUT2D eigenvalue weighted by molar-refractivity contribution is -0.384. The van der Waals surface area contributed by atoms with Crippen LogP contribution in [0.1, 0.15) is 19.3 Å². The number of esters is 1. The van der Waals surface area contributed by atoms with Crippen molar-refractivity contribution in [2.75, 3.05) is 25.1 Å². The lowest BCUT2D eigenvalue weighted by Gasteiger charge is -2.26. The highest BCUT2D eigenvalue weighted by atomic mass is 79.9. The molecule has 1 aliphatic carbocycles. The number of carbonyl (C=O) groups is 1. The van der Waals surface area contributed by atoms with Crippen molar-refractivity contribution < 1.29 is 14.5 Å². The van der Waals surface area contributed by atoms with Crippen molar-refractivity contribution in [3.8, 4) is 0 Å². The van der Waals surface area contributed by atoms with Crippen molar-refractivity contribution in [3.05, 3.63) is 32.8 Å². The van der Waals surface area contributed by atoms with Gasteiger partial charge in [0.15, 0.2) is 0 Å². The molecule has 0 radical (unpaired) electrons. The molecule has 7 heteroatoms. The maximum absolute atomic E-state index is 12.3. The molecule has 0 amide bonds. The highest BCUT2D eigenvalue weighted by Crippen LogP contribution is 2.51. The Morgan fingerprint density at radius 3 is 2.95 bits per heavy atom. The van der Waals surface area contributed by atoms with Crippen molar-refractivity contribution in [2.45, 2.75) is 19.3 Å². The van der Waals surface area contributed by atoms with E-state index in [1.54, 1.807) is 6.07 Å². The van der Waals surface area contributed by atoms with E-state index in [4.69, 9.17) is 4.74 Å². The van der Waals surface area contributed by atoms with E-state index in [2.05, 4.69) is 20.8 Å². The number of methoxy groups -OCH3 is 1. The summed E-state index contributed by atoms with van der Waals surface area (Å²) in [5.41, 5.74) is 0.525. The summed E-state index contributed by atoms with van der Waals surface area (Å²) in [6, 6.07) is 4.75. The van der Waals surface area contributed by atoms with E-state index in [0.29, 0.717) is 16.9 Å². The number of fused-ring (bicyclic) bond motifs is 1. The topological polar surface area (TPSA) is 72.7 Å². The zero-order valence-electron chi connectivity index (χ0n) is 12.3. The average molecular weight is 369 g/mol. The second-order valence-corrected chi connectivity index (χ2v) is 6.86. The first-order valence-corrected chi connectivity index (χ1v) is 8.04. The largest absolute Gasteiger partial charge is 0.469 e. The molecule has 2 atom stereocenters. The second-order valence-electron chi connectivity index (χ2n) is 6.01. The van der Waals surface area contributed by atoms with Crippen LogP contribution in [0.2, 0.25) is 0 Å². The Morgan fingerprint density at radius 2 is 2.32 bits per heavy atom. The number of carbonyl (C=O) groups excluding carboxylic acids is 1. The van der Waals surface area contributed by atoms with E-state index in [9.17, 15) is 14.9 Å². The minimum absolute atomic E-state index is 0.0534. The van der Waals surface area contributed by atoms with Gasteiger partial charge in [0.2, 0.25) is 0 Å². The number of benzene rings is 1. The van der Waals surface area contributed by atoms with Crippen molar-refractivity contribution >= 4 is 33.3 Å². The summed E-state index contributed by atoms with van der Waals surface area (Å²) in [6.07, 6.45) is 2.93. The summed E-state index contributed by atoms with van der Waals surface area (Å²) in [5.74, 6) is 0.164.